The van der Waals surface area contributed by atoms with Crippen molar-refractivity contribution >= 4 is 17.1 Å². The molecule has 0 bridgehead atoms. The molecule has 0 fully saturated rings. The molecule has 0 aliphatic rings. The lowest BCUT2D eigenvalue weighted by molar-refractivity contribution is 0.200. The van der Waals surface area contributed by atoms with Gasteiger partial charge in [0.05, 0.1) is 11.0 Å². The lowest BCUT2D eigenvalue weighted by Crippen LogP contribution is -2.28. The average Bonchev–Trinajstić information content (AvgIpc) is 2.82. The van der Waals surface area contributed by atoms with Crippen LogP contribution < -0.4 is 10.1 Å². The quantitative estimate of drug-likeness (QED) is 0.805. The molecular weight excluding hydrogens is 290 g/mol. The van der Waals surface area contributed by atoms with Gasteiger partial charge in [0.2, 0.25) is 0 Å². The van der Waals surface area contributed by atoms with Crippen LogP contribution in [0.15, 0.2) is 48.5 Å². The highest BCUT2D eigenvalue weighted by atomic mass is 16.5. The number of nitrogens with zero attached hydrogens (tertiary/aromatic N) is 2. The molecule has 3 aromatic rings. The Hall–Kier alpha value is -2.82. The molecule has 0 unspecified atom stereocenters. The van der Waals surface area contributed by atoms with Gasteiger partial charge in [0.15, 0.2) is 0 Å². The topological polar surface area (TPSA) is 56.1 Å². The van der Waals surface area contributed by atoms with Crippen molar-refractivity contribution in [2.45, 2.75) is 13.3 Å². The normalized spacial score (nSPS) is 10.7. The number of nitrogens with one attached hydrogen (secondary N) is 1. The van der Waals surface area contributed by atoms with Crippen LogP contribution in [0.25, 0.3) is 11.0 Å². The lowest BCUT2D eigenvalue weighted by atomic mass is 10.1. The summed E-state index contributed by atoms with van der Waals surface area (Å²) in [6.07, 6.45) is 0.293. The van der Waals surface area contributed by atoms with Gasteiger partial charge in [-0.25, -0.2) is 9.78 Å². The number of para-hydroxylation sites is 1. The Labute approximate surface area is 134 Å². The van der Waals surface area contributed by atoms with Crippen molar-refractivity contribution in [1.29, 1.82) is 0 Å². The van der Waals surface area contributed by atoms with Crippen molar-refractivity contribution in [2.24, 2.45) is 7.05 Å². The van der Waals surface area contributed by atoms with Gasteiger partial charge in [0.25, 0.3) is 0 Å². The van der Waals surface area contributed by atoms with Gasteiger partial charge in [0, 0.05) is 13.6 Å². The number of ether oxygens (including phenoxy) is 1. The Kier molecular flexibility index (Phi) is 4.28. The van der Waals surface area contributed by atoms with Crippen LogP contribution in [0.4, 0.5) is 4.79 Å². The number of aromatic nitrogens is 2. The van der Waals surface area contributed by atoms with Crippen molar-refractivity contribution in [3.05, 3.63) is 59.9 Å². The van der Waals surface area contributed by atoms with E-state index in [4.69, 9.17) is 4.74 Å². The summed E-state index contributed by atoms with van der Waals surface area (Å²) in [5.41, 5.74) is 3.23. The summed E-state index contributed by atoms with van der Waals surface area (Å²) >= 11 is 0. The van der Waals surface area contributed by atoms with Gasteiger partial charge in [-0.15, -0.1) is 0 Å². The molecule has 0 spiro atoms. The number of benzene rings is 2. The fourth-order valence-electron chi connectivity index (χ4n) is 2.46. The molecule has 1 heterocycles. The predicted molar refractivity (Wildman–Crippen MR) is 89.6 cm³/mol. The Balaban J connectivity index is 1.55. The molecule has 2 aromatic carbocycles. The third-order valence-electron chi connectivity index (χ3n) is 3.81. The van der Waals surface area contributed by atoms with E-state index in [2.05, 4.69) is 33.1 Å². The maximum absolute atomic E-state index is 11.7. The first kappa shape index (κ1) is 15.1. The molecule has 1 amide bonds. The molecule has 0 radical (unpaired) electrons. The molecule has 0 saturated carbocycles. The first-order valence-corrected chi connectivity index (χ1v) is 7.56. The van der Waals surface area contributed by atoms with Crippen LogP contribution in [0, 0.1) is 6.92 Å². The molecule has 0 aliphatic carbocycles. The molecule has 3 rings (SSSR count). The van der Waals surface area contributed by atoms with Gasteiger partial charge in [-0.3, -0.25) is 0 Å². The van der Waals surface area contributed by atoms with E-state index in [-0.39, 0.29) is 0 Å². The molecule has 0 saturated heterocycles. The molecule has 0 aliphatic heterocycles. The Bertz CT molecular complexity index is 825. The number of amides is 1. The monoisotopic (exact) mass is 309 g/mol. The van der Waals surface area contributed by atoms with Gasteiger partial charge in [-0.2, -0.15) is 0 Å². The number of fused-ring (bicyclic) bond motifs is 1. The zero-order chi connectivity index (χ0) is 16.2. The Morgan fingerprint density at radius 1 is 1.22 bits per heavy atom. The molecule has 118 valence electrons. The summed E-state index contributed by atoms with van der Waals surface area (Å²) in [5, 5.41) is 2.76. The highest BCUT2D eigenvalue weighted by Crippen LogP contribution is 2.16. The minimum Gasteiger partial charge on any atom is -0.410 e. The largest absolute Gasteiger partial charge is 0.412 e. The molecule has 0 atom stereocenters. The van der Waals surface area contributed by atoms with Crippen LogP contribution in [-0.2, 0) is 13.5 Å². The second-order valence-electron chi connectivity index (χ2n) is 5.42. The molecule has 23 heavy (non-hydrogen) atoms. The molecular formula is C18H19N3O2. The summed E-state index contributed by atoms with van der Waals surface area (Å²) in [5.74, 6) is 1.53. The van der Waals surface area contributed by atoms with Crippen molar-refractivity contribution in [1.82, 2.24) is 14.9 Å². The van der Waals surface area contributed by atoms with Crippen molar-refractivity contribution in [2.75, 3.05) is 6.54 Å². The Morgan fingerprint density at radius 2 is 2.00 bits per heavy atom. The predicted octanol–water partition coefficient (Wildman–Crippen LogP) is 3.21. The molecule has 1 N–H and O–H groups in total. The third-order valence-corrected chi connectivity index (χ3v) is 3.81. The maximum Gasteiger partial charge on any atom is 0.412 e. The smallest absolute Gasteiger partial charge is 0.410 e. The maximum atomic E-state index is 11.7. The van der Waals surface area contributed by atoms with Crippen LogP contribution in [0.3, 0.4) is 0 Å². The zero-order valence-corrected chi connectivity index (χ0v) is 13.2. The van der Waals surface area contributed by atoms with Gasteiger partial charge in [-0.05, 0) is 43.2 Å². The standard InChI is InChI=1S/C18H19N3O2/c1-13-20-16-12-14(8-9-17(16)21(13)2)10-11-19-18(22)23-15-6-4-3-5-7-15/h3-9,12H,10-11H2,1-2H3,(H,19,22). The summed E-state index contributed by atoms with van der Waals surface area (Å²) < 4.78 is 7.24. The van der Waals surface area contributed by atoms with Gasteiger partial charge in [0.1, 0.15) is 11.6 Å². The summed E-state index contributed by atoms with van der Waals surface area (Å²) in [4.78, 5) is 16.2. The molecule has 1 aromatic heterocycles. The summed E-state index contributed by atoms with van der Waals surface area (Å²) in [7, 11) is 2.01. The van der Waals surface area contributed by atoms with Gasteiger partial charge < -0.3 is 14.6 Å². The van der Waals surface area contributed by atoms with E-state index >= 15 is 0 Å². The van der Waals surface area contributed by atoms with Crippen LogP contribution >= 0.6 is 0 Å². The van der Waals surface area contributed by atoms with E-state index in [1.54, 1.807) is 12.1 Å². The molecule has 5 heteroatoms. The summed E-state index contributed by atoms with van der Waals surface area (Å²) in [6.45, 7) is 2.50. The fraction of sp³-hybridized carbons (Fsp3) is 0.222. The second-order valence-corrected chi connectivity index (χ2v) is 5.42. The Morgan fingerprint density at radius 3 is 2.78 bits per heavy atom. The molecule has 5 nitrogen and oxygen atoms in total. The van der Waals surface area contributed by atoms with Gasteiger partial charge in [-0.1, -0.05) is 24.3 Å². The number of carbonyl (C=O) groups is 1. The zero-order valence-electron chi connectivity index (χ0n) is 13.2. The average molecular weight is 309 g/mol. The fourth-order valence-corrected chi connectivity index (χ4v) is 2.46. The number of hydrogen-bond donors (Lipinski definition) is 1. The minimum atomic E-state index is -0.439. The number of hydrogen-bond acceptors (Lipinski definition) is 3. The van der Waals surface area contributed by atoms with Crippen molar-refractivity contribution in [3.8, 4) is 5.75 Å². The van der Waals surface area contributed by atoms with Gasteiger partial charge >= 0.3 is 6.09 Å². The SMILES string of the molecule is Cc1nc2cc(CCNC(=O)Oc3ccccc3)ccc2n1C. The van der Waals surface area contributed by atoms with Crippen LogP contribution in [-0.4, -0.2) is 22.2 Å². The number of rotatable bonds is 4. The number of aryl methyl sites for hydroxylation is 2. The lowest BCUT2D eigenvalue weighted by Gasteiger charge is -2.06. The van der Waals surface area contributed by atoms with E-state index in [0.29, 0.717) is 12.3 Å². The van der Waals surface area contributed by atoms with E-state index in [0.717, 1.165) is 28.8 Å². The number of carbonyl (C=O) groups excluding carboxylic acids is 1. The van der Waals surface area contributed by atoms with E-state index in [1.165, 1.54) is 0 Å². The van der Waals surface area contributed by atoms with E-state index < -0.39 is 6.09 Å². The van der Waals surface area contributed by atoms with Crippen LogP contribution in [0.1, 0.15) is 11.4 Å². The highest BCUT2D eigenvalue weighted by Gasteiger charge is 2.06. The first-order valence-electron chi connectivity index (χ1n) is 7.56. The van der Waals surface area contributed by atoms with E-state index in [9.17, 15) is 4.79 Å². The summed E-state index contributed by atoms with van der Waals surface area (Å²) in [6, 6.07) is 15.2. The third kappa shape index (κ3) is 3.51. The van der Waals surface area contributed by atoms with E-state index in [1.807, 2.05) is 32.2 Å². The van der Waals surface area contributed by atoms with Crippen LogP contribution in [0.5, 0.6) is 5.75 Å². The van der Waals surface area contributed by atoms with Crippen molar-refractivity contribution in [3.63, 3.8) is 0 Å². The number of imidazole rings is 1. The van der Waals surface area contributed by atoms with Crippen molar-refractivity contribution < 1.29 is 9.53 Å². The highest BCUT2D eigenvalue weighted by molar-refractivity contribution is 5.76. The minimum absolute atomic E-state index is 0.439. The first-order chi connectivity index (χ1) is 11.1. The second kappa shape index (κ2) is 6.52. The van der Waals surface area contributed by atoms with Crippen LogP contribution in [0.2, 0.25) is 0 Å².